The lowest BCUT2D eigenvalue weighted by Crippen LogP contribution is -2.45. The summed E-state index contributed by atoms with van der Waals surface area (Å²) in [7, 11) is 0. The summed E-state index contributed by atoms with van der Waals surface area (Å²) < 4.78 is 0. The molecule has 1 aliphatic heterocycles. The van der Waals surface area contributed by atoms with Crippen LogP contribution in [0.1, 0.15) is 28.9 Å². The molecule has 1 fully saturated rings. The molecule has 0 bridgehead atoms. The molecule has 0 unspecified atom stereocenters. The van der Waals surface area contributed by atoms with Gasteiger partial charge in [-0.2, -0.15) is 0 Å². The fraction of sp³-hybridized carbons (Fsp3) is 0.333. The lowest BCUT2D eigenvalue weighted by atomic mass is 9.74. The van der Waals surface area contributed by atoms with Crippen molar-refractivity contribution in [3.05, 3.63) is 63.4 Å². The van der Waals surface area contributed by atoms with Crippen molar-refractivity contribution in [3.8, 4) is 9.88 Å². The van der Waals surface area contributed by atoms with E-state index in [0.717, 1.165) is 29.1 Å². The molecule has 28 heavy (non-hydrogen) atoms. The van der Waals surface area contributed by atoms with Gasteiger partial charge in [-0.25, -0.2) is 4.98 Å². The van der Waals surface area contributed by atoms with Crippen molar-refractivity contribution in [2.24, 2.45) is 5.41 Å². The van der Waals surface area contributed by atoms with Gasteiger partial charge in [-0.1, -0.05) is 29.8 Å². The topological polar surface area (TPSA) is 53.4 Å². The van der Waals surface area contributed by atoms with E-state index in [-0.39, 0.29) is 17.9 Å². The molecule has 3 heterocycles. The zero-order chi connectivity index (χ0) is 19.6. The van der Waals surface area contributed by atoms with Crippen LogP contribution in [0.5, 0.6) is 0 Å². The van der Waals surface area contributed by atoms with Crippen LogP contribution in [0.3, 0.4) is 0 Å². The molecule has 1 aromatic carbocycles. The molecule has 0 saturated carbocycles. The molecule has 1 N–H and O–H groups in total. The van der Waals surface area contributed by atoms with Gasteiger partial charge in [0.15, 0.2) is 0 Å². The number of thiazole rings is 1. The molecule has 1 amide bonds. The predicted octanol–water partition coefficient (Wildman–Crippen LogP) is 4.98. The van der Waals surface area contributed by atoms with Crippen LogP contribution in [0.15, 0.2) is 47.2 Å². The second-order valence-electron chi connectivity index (χ2n) is 7.27. The van der Waals surface area contributed by atoms with Crippen LogP contribution in [0.2, 0.25) is 5.02 Å². The number of nitrogens with zero attached hydrogens (tertiary/aromatic N) is 2. The van der Waals surface area contributed by atoms with Crippen molar-refractivity contribution >= 4 is 40.2 Å². The predicted molar refractivity (Wildman–Crippen MR) is 115 cm³/mol. The molecule has 0 radical (unpaired) electrons. The summed E-state index contributed by atoms with van der Waals surface area (Å²) in [6.45, 7) is 1.40. The fourth-order valence-electron chi connectivity index (χ4n) is 3.66. The third-order valence-corrected chi connectivity index (χ3v) is 7.53. The molecule has 3 aromatic rings. The second-order valence-corrected chi connectivity index (χ2v) is 9.51. The van der Waals surface area contributed by atoms with Crippen LogP contribution in [-0.4, -0.2) is 40.6 Å². The zero-order valence-electron chi connectivity index (χ0n) is 15.3. The summed E-state index contributed by atoms with van der Waals surface area (Å²) in [6, 6.07) is 11.8. The Bertz CT molecular complexity index is 930. The first-order valence-corrected chi connectivity index (χ1v) is 11.4. The third-order valence-electron chi connectivity index (χ3n) is 5.39. The maximum Gasteiger partial charge on any atom is 0.273 e. The Morgan fingerprint density at radius 2 is 1.93 bits per heavy atom. The standard InChI is InChI=1S/C21H21ClN2O2S2/c22-16-5-3-15(4-6-16)12-21(14-25)7-9-24(10-8-21)20(26)17-13-28-19(23-17)18-2-1-11-27-18/h1-6,11,13,25H,7-10,12,14H2. The number of amides is 1. The van der Waals surface area contributed by atoms with Crippen LogP contribution < -0.4 is 0 Å². The number of thiophene rings is 1. The number of hydrogen-bond donors (Lipinski definition) is 1. The van der Waals surface area contributed by atoms with Crippen molar-refractivity contribution in [2.75, 3.05) is 19.7 Å². The highest BCUT2D eigenvalue weighted by Gasteiger charge is 2.36. The van der Waals surface area contributed by atoms with Gasteiger partial charge in [-0.05, 0) is 48.4 Å². The average Bonchev–Trinajstić information content (AvgIpc) is 3.41. The highest BCUT2D eigenvalue weighted by atomic mass is 35.5. The fourth-order valence-corrected chi connectivity index (χ4v) is 5.39. The van der Waals surface area contributed by atoms with Gasteiger partial charge in [0.1, 0.15) is 10.7 Å². The zero-order valence-corrected chi connectivity index (χ0v) is 17.7. The van der Waals surface area contributed by atoms with Crippen molar-refractivity contribution in [2.45, 2.75) is 19.3 Å². The largest absolute Gasteiger partial charge is 0.396 e. The lowest BCUT2D eigenvalue weighted by molar-refractivity contribution is 0.0355. The molecule has 0 spiro atoms. The maximum atomic E-state index is 12.9. The highest BCUT2D eigenvalue weighted by molar-refractivity contribution is 7.20. The van der Waals surface area contributed by atoms with Gasteiger partial charge in [-0.3, -0.25) is 4.79 Å². The lowest BCUT2D eigenvalue weighted by Gasteiger charge is -2.40. The molecule has 1 saturated heterocycles. The number of aliphatic hydroxyl groups is 1. The number of rotatable bonds is 5. The Hall–Kier alpha value is -1.73. The number of aromatic nitrogens is 1. The first-order chi connectivity index (χ1) is 13.6. The first kappa shape index (κ1) is 19.6. The number of piperidine rings is 1. The molecular weight excluding hydrogens is 412 g/mol. The first-order valence-electron chi connectivity index (χ1n) is 9.23. The van der Waals surface area contributed by atoms with E-state index < -0.39 is 0 Å². The molecule has 0 aliphatic carbocycles. The van der Waals surface area contributed by atoms with Crippen LogP contribution in [0.4, 0.5) is 0 Å². The van der Waals surface area contributed by atoms with E-state index in [9.17, 15) is 9.90 Å². The monoisotopic (exact) mass is 432 g/mol. The maximum absolute atomic E-state index is 12.9. The quantitative estimate of drug-likeness (QED) is 0.618. The van der Waals surface area contributed by atoms with E-state index in [1.54, 1.807) is 11.3 Å². The molecule has 2 aromatic heterocycles. The van der Waals surface area contributed by atoms with E-state index in [1.165, 1.54) is 16.9 Å². The SMILES string of the molecule is O=C(c1csc(-c2cccs2)n1)N1CCC(CO)(Cc2ccc(Cl)cc2)CC1. The second kappa shape index (κ2) is 8.33. The number of benzene rings is 1. The molecule has 1 aliphatic rings. The molecular formula is C21H21ClN2O2S2. The van der Waals surface area contributed by atoms with Gasteiger partial charge in [0.05, 0.1) is 4.88 Å². The molecule has 4 rings (SSSR count). The Labute approximate surface area is 177 Å². The summed E-state index contributed by atoms with van der Waals surface area (Å²) in [6.07, 6.45) is 2.35. The normalized spacial score (nSPS) is 16.3. The van der Waals surface area contributed by atoms with Gasteiger partial charge in [0, 0.05) is 35.5 Å². The van der Waals surface area contributed by atoms with E-state index in [1.807, 2.05) is 52.1 Å². The number of aliphatic hydroxyl groups excluding tert-OH is 1. The van der Waals surface area contributed by atoms with E-state index in [0.29, 0.717) is 23.8 Å². The van der Waals surface area contributed by atoms with E-state index in [2.05, 4.69) is 4.98 Å². The van der Waals surface area contributed by atoms with Crippen molar-refractivity contribution in [1.29, 1.82) is 0 Å². The Morgan fingerprint density at radius 3 is 2.57 bits per heavy atom. The number of carbonyl (C=O) groups excluding carboxylic acids is 1. The van der Waals surface area contributed by atoms with Crippen LogP contribution in [-0.2, 0) is 6.42 Å². The van der Waals surface area contributed by atoms with Crippen LogP contribution in [0.25, 0.3) is 9.88 Å². The van der Waals surface area contributed by atoms with Crippen molar-refractivity contribution in [1.82, 2.24) is 9.88 Å². The number of likely N-dealkylation sites (tertiary alicyclic amines) is 1. The van der Waals surface area contributed by atoms with Gasteiger partial charge in [0.2, 0.25) is 0 Å². The summed E-state index contributed by atoms with van der Waals surface area (Å²) >= 11 is 9.11. The summed E-state index contributed by atoms with van der Waals surface area (Å²) in [5, 5.41) is 15.5. The minimum atomic E-state index is -0.186. The Kier molecular flexibility index (Phi) is 5.83. The summed E-state index contributed by atoms with van der Waals surface area (Å²) in [5.41, 5.74) is 1.50. The van der Waals surface area contributed by atoms with E-state index >= 15 is 0 Å². The van der Waals surface area contributed by atoms with Crippen LogP contribution in [0, 0.1) is 5.41 Å². The van der Waals surface area contributed by atoms with Gasteiger partial charge >= 0.3 is 0 Å². The number of halogens is 1. The molecule has 4 nitrogen and oxygen atoms in total. The molecule has 146 valence electrons. The van der Waals surface area contributed by atoms with Gasteiger partial charge in [-0.15, -0.1) is 22.7 Å². The molecule has 0 atom stereocenters. The van der Waals surface area contributed by atoms with Gasteiger partial charge in [0.25, 0.3) is 5.91 Å². The van der Waals surface area contributed by atoms with Gasteiger partial charge < -0.3 is 10.0 Å². The van der Waals surface area contributed by atoms with Crippen molar-refractivity contribution < 1.29 is 9.90 Å². The van der Waals surface area contributed by atoms with Crippen LogP contribution >= 0.6 is 34.3 Å². The molecule has 7 heteroatoms. The third kappa shape index (κ3) is 4.15. The summed E-state index contributed by atoms with van der Waals surface area (Å²) in [5.74, 6) is -0.0166. The van der Waals surface area contributed by atoms with E-state index in [4.69, 9.17) is 11.6 Å². The average molecular weight is 433 g/mol. The minimum absolute atomic E-state index is 0.0166. The minimum Gasteiger partial charge on any atom is -0.396 e. The van der Waals surface area contributed by atoms with Crippen molar-refractivity contribution in [3.63, 3.8) is 0 Å². The Balaban J connectivity index is 1.41. The highest BCUT2D eigenvalue weighted by Crippen LogP contribution is 2.36. The Morgan fingerprint density at radius 1 is 1.18 bits per heavy atom. The smallest absolute Gasteiger partial charge is 0.273 e. The number of hydrogen-bond acceptors (Lipinski definition) is 5. The summed E-state index contributed by atoms with van der Waals surface area (Å²) in [4.78, 5) is 20.4. The number of carbonyl (C=O) groups is 1.